The number of fused-ring (bicyclic) bond motifs is 1. The second-order valence-electron chi connectivity index (χ2n) is 6.72. The zero-order valence-corrected chi connectivity index (χ0v) is 19.0. The van der Waals surface area contributed by atoms with Crippen LogP contribution in [0.1, 0.15) is 34.3 Å². The molecule has 0 unspecified atom stereocenters. The van der Waals surface area contributed by atoms with Crippen LogP contribution in [0.15, 0.2) is 0 Å². The van der Waals surface area contributed by atoms with Crippen molar-refractivity contribution in [2.24, 2.45) is 0 Å². The minimum absolute atomic E-state index is 0.0564. The van der Waals surface area contributed by atoms with Gasteiger partial charge in [0.1, 0.15) is 14.7 Å². The van der Waals surface area contributed by atoms with E-state index in [1.807, 2.05) is 0 Å². The Labute approximate surface area is 184 Å². The van der Waals surface area contributed by atoms with E-state index < -0.39 is 67.7 Å². The summed E-state index contributed by atoms with van der Waals surface area (Å²) in [7, 11) is -1.97. The van der Waals surface area contributed by atoms with Gasteiger partial charge in [0.15, 0.2) is 21.6 Å². The molecule has 1 aromatic rings. The van der Waals surface area contributed by atoms with E-state index in [-0.39, 0.29) is 11.0 Å². The SMILES string of the molecule is COC(=O)c1nnn(C[C@@]2(C)[C@H](C(=O)OCI)N3C(=O)C[C@@H]3S2(=O)=O)c1C(=O)OC. The fourth-order valence-corrected chi connectivity index (χ4v) is 6.31. The number of carbonyl (C=O) groups is 4. The number of hydrogen-bond donors (Lipinski definition) is 0. The van der Waals surface area contributed by atoms with E-state index in [0.717, 1.165) is 23.8 Å². The minimum atomic E-state index is -4.09. The number of nitrogens with zero attached hydrogens (tertiary/aromatic N) is 4. The number of methoxy groups -OCH3 is 2. The van der Waals surface area contributed by atoms with E-state index >= 15 is 0 Å². The molecular weight excluding hydrogens is 539 g/mol. The average molecular weight is 556 g/mol. The van der Waals surface area contributed by atoms with Crippen LogP contribution in [0.2, 0.25) is 0 Å². The van der Waals surface area contributed by atoms with Crippen molar-refractivity contribution in [3.63, 3.8) is 0 Å². The Morgan fingerprint density at radius 3 is 2.40 bits per heavy atom. The van der Waals surface area contributed by atoms with E-state index in [9.17, 15) is 27.6 Å². The van der Waals surface area contributed by atoms with Gasteiger partial charge < -0.3 is 19.1 Å². The Hall–Kier alpha value is -2.30. The molecule has 3 heterocycles. The third-order valence-corrected chi connectivity index (χ3v) is 8.26. The molecule has 0 radical (unpaired) electrons. The van der Waals surface area contributed by atoms with Crippen LogP contribution < -0.4 is 0 Å². The van der Waals surface area contributed by atoms with E-state index in [1.54, 1.807) is 22.6 Å². The van der Waals surface area contributed by atoms with E-state index in [4.69, 9.17) is 4.74 Å². The maximum Gasteiger partial charge on any atom is 0.361 e. The van der Waals surface area contributed by atoms with Gasteiger partial charge in [0.25, 0.3) is 0 Å². The van der Waals surface area contributed by atoms with Crippen LogP contribution in [0.25, 0.3) is 0 Å². The van der Waals surface area contributed by atoms with Crippen LogP contribution in [0.3, 0.4) is 0 Å². The number of alkyl halides is 1. The number of carbonyl (C=O) groups excluding carboxylic acids is 4. The number of sulfone groups is 1. The van der Waals surface area contributed by atoms with Crippen molar-refractivity contribution >= 4 is 56.2 Å². The first-order valence-electron chi connectivity index (χ1n) is 8.42. The van der Waals surface area contributed by atoms with Crippen LogP contribution >= 0.6 is 22.6 Å². The van der Waals surface area contributed by atoms with Gasteiger partial charge in [0.05, 0.1) is 27.2 Å². The first-order chi connectivity index (χ1) is 14.0. The maximum atomic E-state index is 13.2. The van der Waals surface area contributed by atoms with Crippen molar-refractivity contribution in [3.8, 4) is 0 Å². The molecule has 2 fully saturated rings. The Bertz CT molecular complexity index is 1040. The van der Waals surface area contributed by atoms with Crippen molar-refractivity contribution in [1.82, 2.24) is 19.9 Å². The first-order valence-corrected chi connectivity index (χ1v) is 11.5. The molecular formula is C15H17IN4O9S. The first kappa shape index (κ1) is 22.4. The topological polar surface area (TPSA) is 164 Å². The Balaban J connectivity index is 2.13. The molecule has 2 saturated heterocycles. The summed E-state index contributed by atoms with van der Waals surface area (Å²) in [4.78, 5) is 49.9. The predicted molar refractivity (Wildman–Crippen MR) is 104 cm³/mol. The molecule has 13 nitrogen and oxygen atoms in total. The van der Waals surface area contributed by atoms with Crippen LogP contribution in [-0.2, 0) is 40.2 Å². The van der Waals surface area contributed by atoms with Crippen molar-refractivity contribution in [2.45, 2.75) is 36.1 Å². The van der Waals surface area contributed by atoms with Gasteiger partial charge in [-0.15, -0.1) is 5.10 Å². The van der Waals surface area contributed by atoms with Crippen LogP contribution in [0.4, 0.5) is 0 Å². The lowest BCUT2D eigenvalue weighted by atomic mass is 9.96. The molecule has 1 amide bonds. The summed E-state index contributed by atoms with van der Waals surface area (Å²) < 4.78 is 39.5. The predicted octanol–water partition coefficient (Wildman–Crippen LogP) is -1.10. The van der Waals surface area contributed by atoms with Gasteiger partial charge in [0.2, 0.25) is 11.6 Å². The number of halogens is 1. The van der Waals surface area contributed by atoms with Gasteiger partial charge in [-0.05, 0) is 29.5 Å². The van der Waals surface area contributed by atoms with Crippen LogP contribution in [-0.4, -0.2) is 87.1 Å². The number of amides is 1. The molecule has 0 bridgehead atoms. The monoisotopic (exact) mass is 556 g/mol. The smallest absolute Gasteiger partial charge is 0.361 e. The van der Waals surface area contributed by atoms with Crippen molar-refractivity contribution in [3.05, 3.63) is 11.4 Å². The summed E-state index contributed by atoms with van der Waals surface area (Å²) in [6, 6.07) is -1.46. The molecule has 30 heavy (non-hydrogen) atoms. The Kier molecular flexibility index (Phi) is 5.78. The lowest BCUT2D eigenvalue weighted by Gasteiger charge is -2.36. The standard InChI is InChI=1S/C15H17IN4O9S/c1-15(5-19-10(13(23)28-3)9(17-18-19)12(22)27-2)11(14(24)29-6-16)20-7(21)4-8(20)30(15,25)26/h8,11H,4-6H2,1-3H3/t8-,11-,15-/m0/s1. The summed E-state index contributed by atoms with van der Waals surface area (Å²) in [6.45, 7) is 0.693. The van der Waals surface area contributed by atoms with Crippen LogP contribution in [0.5, 0.6) is 0 Å². The second-order valence-corrected chi connectivity index (χ2v) is 9.91. The molecule has 15 heteroatoms. The summed E-state index contributed by atoms with van der Waals surface area (Å²) in [5.41, 5.74) is -0.920. The van der Waals surface area contributed by atoms with Gasteiger partial charge in [-0.2, -0.15) is 0 Å². The highest BCUT2D eigenvalue weighted by Gasteiger charge is 2.70. The maximum absolute atomic E-state index is 13.2. The zero-order chi connectivity index (χ0) is 22.4. The van der Waals surface area contributed by atoms with Crippen molar-refractivity contribution < 1.29 is 41.8 Å². The largest absolute Gasteiger partial charge is 0.464 e. The van der Waals surface area contributed by atoms with E-state index in [0.29, 0.717) is 0 Å². The van der Waals surface area contributed by atoms with Gasteiger partial charge in [-0.1, -0.05) is 5.21 Å². The molecule has 1 aromatic heterocycles. The highest BCUT2D eigenvalue weighted by Crippen LogP contribution is 2.47. The van der Waals surface area contributed by atoms with Crippen LogP contribution in [0, 0.1) is 0 Å². The number of ether oxygens (including phenoxy) is 3. The molecule has 0 spiro atoms. The number of esters is 3. The minimum Gasteiger partial charge on any atom is -0.464 e. The molecule has 164 valence electrons. The summed E-state index contributed by atoms with van der Waals surface area (Å²) in [5, 5.41) is 6.11. The summed E-state index contributed by atoms with van der Waals surface area (Å²) in [6.07, 6.45) is -0.263. The molecule has 2 aliphatic rings. The Morgan fingerprint density at radius 1 is 1.23 bits per heavy atom. The number of β-lactam (4-membered cyclic amide) rings is 1. The highest BCUT2D eigenvalue weighted by molar-refractivity contribution is 14.1. The molecule has 2 aliphatic heterocycles. The molecule has 0 aliphatic carbocycles. The van der Waals surface area contributed by atoms with E-state index in [1.165, 1.54) is 6.92 Å². The third-order valence-electron chi connectivity index (χ3n) is 5.19. The molecule has 3 rings (SSSR count). The fourth-order valence-electron chi connectivity index (χ4n) is 3.66. The summed E-state index contributed by atoms with van der Waals surface area (Å²) in [5.74, 6) is -3.41. The molecule has 0 saturated carbocycles. The normalized spacial score (nSPS) is 26.5. The third kappa shape index (κ3) is 3.05. The van der Waals surface area contributed by atoms with Gasteiger partial charge in [-0.3, -0.25) is 4.79 Å². The lowest BCUT2D eigenvalue weighted by Crippen LogP contribution is -2.58. The molecule has 0 N–H and O–H groups in total. The highest BCUT2D eigenvalue weighted by atomic mass is 127. The number of aromatic nitrogens is 3. The molecule has 0 aromatic carbocycles. The average Bonchev–Trinajstić information content (AvgIpc) is 3.16. The lowest BCUT2D eigenvalue weighted by molar-refractivity contribution is -0.160. The van der Waals surface area contributed by atoms with E-state index in [2.05, 4.69) is 19.8 Å². The van der Waals surface area contributed by atoms with Crippen molar-refractivity contribution in [2.75, 3.05) is 18.8 Å². The summed E-state index contributed by atoms with van der Waals surface area (Å²) >= 11 is 1.77. The zero-order valence-electron chi connectivity index (χ0n) is 16.0. The van der Waals surface area contributed by atoms with Crippen molar-refractivity contribution in [1.29, 1.82) is 0 Å². The molecule has 3 atom stereocenters. The fraction of sp³-hybridized carbons (Fsp3) is 0.600. The van der Waals surface area contributed by atoms with Gasteiger partial charge in [-0.25, -0.2) is 27.5 Å². The second kappa shape index (κ2) is 7.75. The Morgan fingerprint density at radius 2 is 1.87 bits per heavy atom. The van der Waals surface area contributed by atoms with Gasteiger partial charge >= 0.3 is 17.9 Å². The number of hydrogen-bond acceptors (Lipinski definition) is 11. The van der Waals surface area contributed by atoms with Gasteiger partial charge in [0, 0.05) is 0 Å². The quantitative estimate of drug-likeness (QED) is 0.137. The number of rotatable bonds is 6.